The van der Waals surface area contributed by atoms with Crippen molar-refractivity contribution in [3.8, 4) is 0 Å². The summed E-state index contributed by atoms with van der Waals surface area (Å²) in [5.41, 5.74) is 8.76. The lowest BCUT2D eigenvalue weighted by Crippen LogP contribution is -2.14. The lowest BCUT2D eigenvalue weighted by molar-refractivity contribution is -0.148. The zero-order valence-electron chi connectivity index (χ0n) is 14.6. The van der Waals surface area contributed by atoms with Crippen LogP contribution in [0.5, 0.6) is 0 Å². The topological polar surface area (TPSA) is 50.7 Å². The number of hydrogen-bond acceptors (Lipinski definition) is 4. The molecule has 1 aromatic carbocycles. The van der Waals surface area contributed by atoms with Gasteiger partial charge in [-0.3, -0.25) is 10.2 Å². The van der Waals surface area contributed by atoms with Crippen LogP contribution in [0.3, 0.4) is 0 Å². The van der Waals surface area contributed by atoms with Gasteiger partial charge in [-0.05, 0) is 31.4 Å². The molecule has 0 radical (unpaired) electrons. The van der Waals surface area contributed by atoms with Gasteiger partial charge in [0.25, 0.3) is 0 Å². The highest BCUT2D eigenvalue weighted by molar-refractivity contribution is 6.02. The molecule has 4 heteroatoms. The molecule has 0 fully saturated rings. The molecule has 1 unspecified atom stereocenters. The zero-order valence-corrected chi connectivity index (χ0v) is 14.6. The van der Waals surface area contributed by atoms with Gasteiger partial charge in [-0.15, -0.1) is 0 Å². The van der Waals surface area contributed by atoms with Crippen molar-refractivity contribution in [1.29, 1.82) is 0 Å². The Bertz CT molecular complexity index is 627. The van der Waals surface area contributed by atoms with Crippen molar-refractivity contribution in [1.82, 2.24) is 5.43 Å². The summed E-state index contributed by atoms with van der Waals surface area (Å²) < 4.78 is 5.26. The second-order valence-corrected chi connectivity index (χ2v) is 6.58. The summed E-state index contributed by atoms with van der Waals surface area (Å²) in [6, 6.07) is 8.09. The molecule has 0 saturated carbocycles. The van der Waals surface area contributed by atoms with Crippen molar-refractivity contribution >= 4 is 11.7 Å². The molecule has 2 rings (SSSR count). The van der Waals surface area contributed by atoms with Gasteiger partial charge in [0.15, 0.2) is 0 Å². The normalized spacial score (nSPS) is 18.3. The Morgan fingerprint density at radius 2 is 1.96 bits per heavy atom. The maximum absolute atomic E-state index is 11.5. The molecular formula is C19H26N2O2. The predicted molar refractivity (Wildman–Crippen MR) is 92.9 cm³/mol. The highest BCUT2D eigenvalue weighted by atomic mass is 16.5. The summed E-state index contributed by atoms with van der Waals surface area (Å²) in [7, 11) is 0. The van der Waals surface area contributed by atoms with Crippen LogP contribution in [-0.4, -0.2) is 11.7 Å². The number of rotatable bonds is 4. The highest BCUT2D eigenvalue weighted by Gasteiger charge is 2.18. The molecule has 1 aliphatic heterocycles. The molecule has 1 aromatic rings. The molecule has 1 N–H and O–H groups in total. The van der Waals surface area contributed by atoms with Gasteiger partial charge in [-0.1, -0.05) is 50.6 Å². The van der Waals surface area contributed by atoms with Crippen LogP contribution in [0.25, 0.3) is 0 Å². The van der Waals surface area contributed by atoms with Crippen molar-refractivity contribution < 1.29 is 9.53 Å². The SMILES string of the molecule is CC1=C(C)NN=C(c2ccc(COC(=O)C(C)C)cc2)C(C)C1. The first-order valence-electron chi connectivity index (χ1n) is 8.14. The largest absolute Gasteiger partial charge is 0.461 e. The van der Waals surface area contributed by atoms with Gasteiger partial charge in [0.1, 0.15) is 6.61 Å². The van der Waals surface area contributed by atoms with Crippen molar-refractivity contribution in [2.45, 2.75) is 47.6 Å². The molecule has 1 aliphatic rings. The Balaban J connectivity index is 2.06. The molecule has 0 bridgehead atoms. The van der Waals surface area contributed by atoms with E-state index in [0.717, 1.165) is 29.0 Å². The number of hydrogen-bond donors (Lipinski definition) is 1. The smallest absolute Gasteiger partial charge is 0.308 e. The third-order valence-electron chi connectivity index (χ3n) is 4.17. The minimum atomic E-state index is -0.169. The van der Waals surface area contributed by atoms with Gasteiger partial charge in [-0.25, -0.2) is 0 Å². The number of allylic oxidation sites excluding steroid dienone is 2. The summed E-state index contributed by atoms with van der Waals surface area (Å²) in [6.45, 7) is 10.4. The maximum Gasteiger partial charge on any atom is 0.308 e. The van der Waals surface area contributed by atoms with E-state index in [4.69, 9.17) is 4.74 Å². The summed E-state index contributed by atoms with van der Waals surface area (Å²) in [5.74, 6) is 0.0992. The third kappa shape index (κ3) is 4.44. The van der Waals surface area contributed by atoms with Crippen molar-refractivity contribution in [2.24, 2.45) is 16.9 Å². The van der Waals surface area contributed by atoms with E-state index < -0.39 is 0 Å². The minimum absolute atomic E-state index is 0.0967. The van der Waals surface area contributed by atoms with Crippen LogP contribution in [0.4, 0.5) is 0 Å². The Morgan fingerprint density at radius 1 is 1.30 bits per heavy atom. The lowest BCUT2D eigenvalue weighted by Gasteiger charge is -2.13. The van der Waals surface area contributed by atoms with Gasteiger partial charge in [0.2, 0.25) is 0 Å². The fourth-order valence-corrected chi connectivity index (χ4v) is 2.50. The van der Waals surface area contributed by atoms with E-state index in [9.17, 15) is 4.79 Å². The first-order valence-corrected chi connectivity index (χ1v) is 8.14. The standard InChI is InChI=1S/C19H26N2O2/c1-12(2)19(22)23-11-16-6-8-17(9-7-16)18-14(4)10-13(3)15(5)20-21-18/h6-9,12,14,20H,10-11H2,1-5H3. The Kier molecular flexibility index (Phi) is 5.59. The first kappa shape index (κ1) is 17.3. The maximum atomic E-state index is 11.5. The van der Waals surface area contributed by atoms with E-state index in [-0.39, 0.29) is 11.9 Å². The quantitative estimate of drug-likeness (QED) is 0.854. The van der Waals surface area contributed by atoms with Gasteiger partial charge in [0.05, 0.1) is 11.6 Å². The second kappa shape index (κ2) is 7.44. The van der Waals surface area contributed by atoms with Gasteiger partial charge < -0.3 is 4.74 Å². The first-order chi connectivity index (χ1) is 10.9. The van der Waals surface area contributed by atoms with Crippen LogP contribution in [0.2, 0.25) is 0 Å². The molecule has 1 heterocycles. The Labute approximate surface area is 138 Å². The number of nitrogens with zero attached hydrogens (tertiary/aromatic N) is 1. The van der Waals surface area contributed by atoms with Crippen LogP contribution < -0.4 is 5.43 Å². The molecule has 0 amide bonds. The van der Waals surface area contributed by atoms with E-state index in [2.05, 4.69) is 31.3 Å². The number of benzene rings is 1. The van der Waals surface area contributed by atoms with Gasteiger partial charge in [-0.2, -0.15) is 5.10 Å². The predicted octanol–water partition coefficient (Wildman–Crippen LogP) is 4.01. The third-order valence-corrected chi connectivity index (χ3v) is 4.17. The molecule has 1 atom stereocenters. The van der Waals surface area contributed by atoms with Crippen LogP contribution in [0, 0.1) is 11.8 Å². The minimum Gasteiger partial charge on any atom is -0.461 e. The number of esters is 1. The van der Waals surface area contributed by atoms with Crippen LogP contribution >= 0.6 is 0 Å². The summed E-state index contributed by atoms with van der Waals surface area (Å²) in [4.78, 5) is 11.5. The van der Waals surface area contributed by atoms with E-state index in [1.54, 1.807) is 0 Å². The monoisotopic (exact) mass is 314 g/mol. The Morgan fingerprint density at radius 3 is 2.57 bits per heavy atom. The fourth-order valence-electron chi connectivity index (χ4n) is 2.50. The number of nitrogens with one attached hydrogen (secondary N) is 1. The average Bonchev–Trinajstić information content (AvgIpc) is 2.64. The molecular weight excluding hydrogens is 288 g/mol. The Hall–Kier alpha value is -2.10. The van der Waals surface area contributed by atoms with Crippen LogP contribution in [-0.2, 0) is 16.1 Å². The number of carbonyl (C=O) groups excluding carboxylic acids is 1. The van der Waals surface area contributed by atoms with Crippen molar-refractivity contribution in [3.63, 3.8) is 0 Å². The summed E-state index contributed by atoms with van der Waals surface area (Å²) >= 11 is 0. The second-order valence-electron chi connectivity index (χ2n) is 6.58. The molecule has 0 aliphatic carbocycles. The highest BCUT2D eigenvalue weighted by Crippen LogP contribution is 2.22. The lowest BCUT2D eigenvalue weighted by atomic mass is 9.92. The van der Waals surface area contributed by atoms with Crippen molar-refractivity contribution in [3.05, 3.63) is 46.7 Å². The van der Waals surface area contributed by atoms with Crippen LogP contribution in [0.15, 0.2) is 40.6 Å². The van der Waals surface area contributed by atoms with E-state index in [1.165, 1.54) is 5.57 Å². The zero-order chi connectivity index (χ0) is 17.0. The number of hydrazone groups is 1. The average molecular weight is 314 g/mol. The molecule has 124 valence electrons. The molecule has 4 nitrogen and oxygen atoms in total. The fraction of sp³-hybridized carbons (Fsp3) is 0.474. The molecule has 0 saturated heterocycles. The number of carbonyl (C=O) groups is 1. The summed E-state index contributed by atoms with van der Waals surface area (Å²) in [5, 5.41) is 4.56. The van der Waals surface area contributed by atoms with E-state index in [1.807, 2.05) is 38.1 Å². The van der Waals surface area contributed by atoms with Crippen LogP contribution in [0.1, 0.15) is 52.2 Å². The van der Waals surface area contributed by atoms with E-state index >= 15 is 0 Å². The van der Waals surface area contributed by atoms with Crippen molar-refractivity contribution in [2.75, 3.05) is 0 Å². The number of ether oxygens (including phenoxy) is 1. The summed E-state index contributed by atoms with van der Waals surface area (Å²) in [6.07, 6.45) is 1.01. The van der Waals surface area contributed by atoms with E-state index in [0.29, 0.717) is 12.5 Å². The molecule has 23 heavy (non-hydrogen) atoms. The van der Waals surface area contributed by atoms with Gasteiger partial charge in [0, 0.05) is 11.6 Å². The van der Waals surface area contributed by atoms with Gasteiger partial charge >= 0.3 is 5.97 Å². The molecule has 0 spiro atoms. The molecule has 0 aromatic heterocycles.